The number of aliphatic imine (C=N–C) groups is 1. The molecule has 13 heteroatoms. The molecule has 256 valence electrons. The van der Waals surface area contributed by atoms with Gasteiger partial charge in [-0.25, -0.2) is 24.4 Å². The van der Waals surface area contributed by atoms with Crippen molar-refractivity contribution in [3.05, 3.63) is 24.3 Å². The average Bonchev–Trinajstić information content (AvgIpc) is 2.93. The molecule has 2 fully saturated rings. The lowest BCUT2D eigenvalue weighted by Gasteiger charge is -2.38. The second-order valence-electron chi connectivity index (χ2n) is 14.6. The molecule has 3 amide bonds. The van der Waals surface area contributed by atoms with Crippen LogP contribution in [0.5, 0.6) is 0 Å². The highest BCUT2D eigenvalue weighted by atomic mass is 16.6. The Morgan fingerprint density at radius 1 is 0.783 bits per heavy atom. The third kappa shape index (κ3) is 11.2. The maximum atomic E-state index is 13.2. The van der Waals surface area contributed by atoms with Crippen LogP contribution in [0, 0.1) is 0 Å². The Bertz CT molecular complexity index is 1250. The molecule has 0 saturated carbocycles. The Hall–Kier alpha value is -3.87. The van der Waals surface area contributed by atoms with E-state index in [9.17, 15) is 19.2 Å². The average molecular weight is 645 g/mol. The molecule has 0 aliphatic carbocycles. The number of nitrogens with two attached hydrogens (primary N) is 1. The molecule has 0 radical (unpaired) electrons. The van der Waals surface area contributed by atoms with Crippen molar-refractivity contribution in [1.82, 2.24) is 14.7 Å². The van der Waals surface area contributed by atoms with Crippen LogP contribution < -0.4 is 10.6 Å². The fourth-order valence-electron chi connectivity index (χ4n) is 4.85. The number of esters is 1. The number of nitrogens with zero attached hydrogens (tertiary/aromatic N) is 5. The van der Waals surface area contributed by atoms with Gasteiger partial charge >= 0.3 is 18.2 Å². The van der Waals surface area contributed by atoms with Crippen LogP contribution in [-0.4, -0.2) is 107 Å². The predicted octanol–water partition coefficient (Wildman–Crippen LogP) is 4.65. The van der Waals surface area contributed by atoms with Crippen LogP contribution in [0.2, 0.25) is 0 Å². The molecule has 1 aromatic rings. The largest absolute Gasteiger partial charge is 0.459 e. The molecule has 0 bridgehead atoms. The fraction of sp³-hybridized carbons (Fsp3) is 0.667. The number of hydrogen-bond acceptors (Lipinski definition) is 10. The van der Waals surface area contributed by atoms with Crippen molar-refractivity contribution in [3.63, 3.8) is 0 Å². The van der Waals surface area contributed by atoms with Gasteiger partial charge in [-0.15, -0.1) is 0 Å². The standard InChI is InChI=1S/C33H52N6O7/c1-31(2,3)44-27(41)25(34)14-15-26(40)37-20-18-36(19-21-37)24-13-10-12-23(22-24)35-28-38(29(42)45-32(4,5)6)16-11-17-39(28)30(43)46-33(7,8)9/h10,12-13,22,25H,11,14-21,34H2,1-9H3. The van der Waals surface area contributed by atoms with Crippen molar-refractivity contribution < 1.29 is 33.4 Å². The van der Waals surface area contributed by atoms with E-state index >= 15 is 0 Å². The topological polar surface area (TPSA) is 147 Å². The lowest BCUT2D eigenvalue weighted by Crippen LogP contribution is -2.56. The van der Waals surface area contributed by atoms with E-state index in [1.54, 1.807) is 73.3 Å². The first kappa shape index (κ1) is 36.6. The van der Waals surface area contributed by atoms with Gasteiger partial charge in [0.15, 0.2) is 0 Å². The van der Waals surface area contributed by atoms with Gasteiger partial charge in [0.05, 0.1) is 5.69 Å². The zero-order valence-electron chi connectivity index (χ0n) is 28.9. The first-order chi connectivity index (χ1) is 21.2. The van der Waals surface area contributed by atoms with Crippen molar-refractivity contribution >= 4 is 41.4 Å². The van der Waals surface area contributed by atoms with Crippen molar-refractivity contribution in [3.8, 4) is 0 Å². The van der Waals surface area contributed by atoms with E-state index in [4.69, 9.17) is 24.9 Å². The molecule has 1 atom stereocenters. The molecule has 1 unspecified atom stereocenters. The van der Waals surface area contributed by atoms with Crippen LogP contribution in [0.1, 0.15) is 81.6 Å². The van der Waals surface area contributed by atoms with Crippen LogP contribution in [-0.2, 0) is 23.8 Å². The highest BCUT2D eigenvalue weighted by Crippen LogP contribution is 2.26. The number of piperazine rings is 1. The Labute approximate surface area is 273 Å². The summed E-state index contributed by atoms with van der Waals surface area (Å²) in [5.41, 5.74) is 5.30. The van der Waals surface area contributed by atoms with Crippen molar-refractivity contribution in [2.75, 3.05) is 44.2 Å². The number of rotatable bonds is 6. The van der Waals surface area contributed by atoms with E-state index in [-0.39, 0.29) is 24.7 Å². The number of hydrogen-bond donors (Lipinski definition) is 1. The molecular formula is C33H52N6O7. The van der Waals surface area contributed by atoms with Gasteiger partial charge in [0.25, 0.3) is 0 Å². The summed E-state index contributed by atoms with van der Waals surface area (Å²) in [5.74, 6) is -0.419. The SMILES string of the molecule is CC(C)(C)OC(=O)C(N)CCC(=O)N1CCN(c2cccc(N=C3N(C(=O)OC(C)(C)C)CCCN3C(=O)OC(C)(C)C)c2)CC1. The third-order valence-corrected chi connectivity index (χ3v) is 6.91. The first-order valence-electron chi connectivity index (χ1n) is 15.9. The maximum absolute atomic E-state index is 13.2. The van der Waals surface area contributed by atoms with Gasteiger partial charge in [-0.2, -0.15) is 0 Å². The van der Waals surface area contributed by atoms with Gasteiger partial charge in [0, 0.05) is 51.4 Å². The summed E-state index contributed by atoms with van der Waals surface area (Å²) in [6, 6.07) is 6.66. The minimum absolute atomic E-state index is 0.0550. The summed E-state index contributed by atoms with van der Waals surface area (Å²) in [5, 5.41) is 0. The number of benzene rings is 1. The molecule has 13 nitrogen and oxygen atoms in total. The Morgan fingerprint density at radius 3 is 1.80 bits per heavy atom. The van der Waals surface area contributed by atoms with Gasteiger partial charge in [-0.1, -0.05) is 6.07 Å². The molecular weight excluding hydrogens is 592 g/mol. The lowest BCUT2D eigenvalue weighted by atomic mass is 10.1. The molecule has 2 aliphatic heterocycles. The van der Waals surface area contributed by atoms with Gasteiger partial charge in [-0.05, 0) is 93.4 Å². The Morgan fingerprint density at radius 2 is 1.30 bits per heavy atom. The number of ether oxygens (including phenoxy) is 3. The smallest absolute Gasteiger partial charge is 0.417 e. The van der Waals surface area contributed by atoms with Crippen LogP contribution in [0.25, 0.3) is 0 Å². The second-order valence-corrected chi connectivity index (χ2v) is 14.6. The van der Waals surface area contributed by atoms with E-state index in [0.717, 1.165) is 5.69 Å². The summed E-state index contributed by atoms with van der Waals surface area (Å²) in [6.45, 7) is 18.9. The molecule has 0 aromatic heterocycles. The Balaban J connectivity index is 1.73. The number of carbonyl (C=O) groups is 4. The van der Waals surface area contributed by atoms with Crippen LogP contribution in [0.15, 0.2) is 29.3 Å². The summed E-state index contributed by atoms with van der Waals surface area (Å²) in [7, 11) is 0. The number of amides is 3. The van der Waals surface area contributed by atoms with Crippen LogP contribution >= 0.6 is 0 Å². The van der Waals surface area contributed by atoms with E-state index in [1.165, 1.54) is 9.80 Å². The fourth-order valence-corrected chi connectivity index (χ4v) is 4.85. The van der Waals surface area contributed by atoms with Gasteiger partial charge in [0.1, 0.15) is 22.8 Å². The summed E-state index contributed by atoms with van der Waals surface area (Å²) >= 11 is 0. The monoisotopic (exact) mass is 644 g/mol. The molecule has 1 aromatic carbocycles. The van der Waals surface area contributed by atoms with Gasteiger partial charge < -0.3 is 29.7 Å². The predicted molar refractivity (Wildman–Crippen MR) is 176 cm³/mol. The summed E-state index contributed by atoms with van der Waals surface area (Å²) in [6.07, 6.45) is -0.271. The van der Waals surface area contributed by atoms with Crippen molar-refractivity contribution in [2.45, 2.75) is 104 Å². The van der Waals surface area contributed by atoms with E-state index in [0.29, 0.717) is 51.4 Å². The molecule has 46 heavy (non-hydrogen) atoms. The minimum atomic E-state index is -0.851. The third-order valence-electron chi connectivity index (χ3n) is 6.91. The molecule has 0 spiro atoms. The minimum Gasteiger partial charge on any atom is -0.459 e. The second kappa shape index (κ2) is 14.7. The quantitative estimate of drug-likeness (QED) is 0.345. The Kier molecular flexibility index (Phi) is 11.7. The van der Waals surface area contributed by atoms with E-state index < -0.39 is 41.0 Å². The zero-order chi connectivity index (χ0) is 34.4. The number of anilines is 1. The normalized spacial score (nSPS) is 17.0. The maximum Gasteiger partial charge on any atom is 0.417 e. The number of carbonyl (C=O) groups excluding carboxylic acids is 4. The highest BCUT2D eigenvalue weighted by Gasteiger charge is 2.37. The van der Waals surface area contributed by atoms with Gasteiger partial charge in [-0.3, -0.25) is 9.59 Å². The highest BCUT2D eigenvalue weighted by molar-refractivity contribution is 6.03. The van der Waals surface area contributed by atoms with Crippen LogP contribution in [0.3, 0.4) is 0 Å². The molecule has 2 aliphatic rings. The van der Waals surface area contributed by atoms with E-state index in [2.05, 4.69) is 4.90 Å². The van der Waals surface area contributed by atoms with E-state index in [1.807, 2.05) is 18.2 Å². The van der Waals surface area contributed by atoms with Crippen LogP contribution in [0.4, 0.5) is 21.0 Å². The molecule has 2 heterocycles. The number of guanidine groups is 1. The summed E-state index contributed by atoms with van der Waals surface area (Å²) < 4.78 is 16.6. The first-order valence-corrected chi connectivity index (χ1v) is 15.9. The van der Waals surface area contributed by atoms with Crippen molar-refractivity contribution in [1.29, 1.82) is 0 Å². The lowest BCUT2D eigenvalue weighted by molar-refractivity contribution is -0.156. The molecule has 2 saturated heterocycles. The van der Waals surface area contributed by atoms with Gasteiger partial charge in [0.2, 0.25) is 11.9 Å². The zero-order valence-corrected chi connectivity index (χ0v) is 28.9. The molecule has 3 rings (SSSR count). The molecule has 2 N–H and O–H groups in total. The van der Waals surface area contributed by atoms with Crippen molar-refractivity contribution in [2.24, 2.45) is 10.7 Å². The summed E-state index contributed by atoms with van der Waals surface area (Å²) in [4.78, 5) is 62.9.